The molecule has 0 saturated carbocycles. The molecule has 4 rings (SSSR count). The summed E-state index contributed by atoms with van der Waals surface area (Å²) in [5.41, 5.74) is 3.26. The largest absolute Gasteiger partial charge is 0.323 e. The number of carbonyl (C=O) groups is 1. The van der Waals surface area contributed by atoms with Crippen LogP contribution in [0.3, 0.4) is 0 Å². The van der Waals surface area contributed by atoms with E-state index in [1.807, 2.05) is 42.5 Å². The van der Waals surface area contributed by atoms with Gasteiger partial charge in [-0.3, -0.25) is 9.78 Å². The molecule has 0 aliphatic carbocycles. The molecule has 0 unspecified atom stereocenters. The van der Waals surface area contributed by atoms with E-state index in [-0.39, 0.29) is 5.91 Å². The third-order valence-corrected chi connectivity index (χ3v) is 3.83. The summed E-state index contributed by atoms with van der Waals surface area (Å²) in [6.45, 7) is 0. The van der Waals surface area contributed by atoms with E-state index in [1.54, 1.807) is 29.1 Å². The highest BCUT2D eigenvalue weighted by Gasteiger charge is 2.02. The second kappa shape index (κ2) is 6.94. The summed E-state index contributed by atoms with van der Waals surface area (Å²) in [6.07, 6.45) is 6.51. The number of benzene rings is 2. The van der Waals surface area contributed by atoms with Crippen molar-refractivity contribution in [3.05, 3.63) is 78.8 Å². The maximum absolute atomic E-state index is 12.2. The Balaban J connectivity index is 1.47. The van der Waals surface area contributed by atoms with Crippen molar-refractivity contribution in [1.82, 2.24) is 25.2 Å². The van der Waals surface area contributed by atoms with Gasteiger partial charge in [-0.2, -0.15) is 0 Å². The van der Waals surface area contributed by atoms with Gasteiger partial charge < -0.3 is 5.32 Å². The number of pyridine rings is 1. The minimum atomic E-state index is -0.215. The Morgan fingerprint density at radius 1 is 1.04 bits per heavy atom. The second-order valence-electron chi connectivity index (χ2n) is 5.55. The van der Waals surface area contributed by atoms with E-state index in [0.29, 0.717) is 5.69 Å². The van der Waals surface area contributed by atoms with Crippen molar-refractivity contribution in [2.24, 2.45) is 0 Å². The number of amides is 1. The Morgan fingerprint density at radius 3 is 2.69 bits per heavy atom. The van der Waals surface area contributed by atoms with Gasteiger partial charge in [0.05, 0.1) is 11.2 Å². The molecule has 2 aromatic carbocycles. The molecule has 126 valence electrons. The summed E-state index contributed by atoms with van der Waals surface area (Å²) in [5, 5.41) is 14.9. The molecule has 2 heterocycles. The number of tetrazole rings is 1. The van der Waals surface area contributed by atoms with E-state index in [1.165, 1.54) is 12.4 Å². The first kappa shape index (κ1) is 15.6. The molecular formula is C19H14N6O. The molecule has 0 spiro atoms. The van der Waals surface area contributed by atoms with Crippen LogP contribution in [0.25, 0.3) is 22.7 Å². The van der Waals surface area contributed by atoms with Crippen molar-refractivity contribution in [3.63, 3.8) is 0 Å². The van der Waals surface area contributed by atoms with E-state index in [9.17, 15) is 4.79 Å². The Labute approximate surface area is 149 Å². The second-order valence-corrected chi connectivity index (χ2v) is 5.55. The zero-order valence-corrected chi connectivity index (χ0v) is 13.6. The number of para-hydroxylation sites is 1. The molecule has 0 saturated heterocycles. The molecular weight excluding hydrogens is 328 g/mol. The monoisotopic (exact) mass is 342 g/mol. The molecule has 7 heteroatoms. The van der Waals surface area contributed by atoms with Gasteiger partial charge in [0.25, 0.3) is 0 Å². The lowest BCUT2D eigenvalue weighted by atomic mass is 10.1. The number of hydrogen-bond acceptors (Lipinski definition) is 5. The fraction of sp³-hybridized carbons (Fsp3) is 0. The van der Waals surface area contributed by atoms with E-state index in [0.717, 1.165) is 22.2 Å². The Bertz CT molecular complexity index is 1070. The van der Waals surface area contributed by atoms with Gasteiger partial charge in [-0.05, 0) is 46.8 Å². The van der Waals surface area contributed by atoms with Crippen molar-refractivity contribution in [2.45, 2.75) is 0 Å². The highest BCUT2D eigenvalue weighted by atomic mass is 16.1. The minimum absolute atomic E-state index is 0.215. The molecule has 26 heavy (non-hydrogen) atoms. The van der Waals surface area contributed by atoms with Gasteiger partial charge in [-0.1, -0.05) is 24.3 Å². The predicted molar refractivity (Wildman–Crippen MR) is 98.6 cm³/mol. The molecule has 0 bridgehead atoms. The van der Waals surface area contributed by atoms with Gasteiger partial charge in [0.1, 0.15) is 6.33 Å². The van der Waals surface area contributed by atoms with Crippen LogP contribution in [0.5, 0.6) is 0 Å². The van der Waals surface area contributed by atoms with Gasteiger partial charge in [-0.25, -0.2) is 4.68 Å². The Kier molecular flexibility index (Phi) is 4.17. The number of carbonyl (C=O) groups excluding carboxylic acids is 1. The maximum atomic E-state index is 12.2. The van der Waals surface area contributed by atoms with Crippen molar-refractivity contribution in [1.29, 1.82) is 0 Å². The first-order chi connectivity index (χ1) is 12.8. The van der Waals surface area contributed by atoms with Crippen LogP contribution in [0.4, 0.5) is 5.69 Å². The van der Waals surface area contributed by atoms with Gasteiger partial charge in [-0.15, -0.1) is 5.10 Å². The molecule has 1 amide bonds. The van der Waals surface area contributed by atoms with E-state index >= 15 is 0 Å². The van der Waals surface area contributed by atoms with Gasteiger partial charge in [0.15, 0.2) is 0 Å². The van der Waals surface area contributed by atoms with Gasteiger partial charge in [0, 0.05) is 28.9 Å². The molecule has 0 radical (unpaired) electrons. The highest BCUT2D eigenvalue weighted by Crippen LogP contribution is 2.17. The minimum Gasteiger partial charge on any atom is -0.323 e. The molecule has 0 aliphatic rings. The van der Waals surface area contributed by atoms with Crippen LogP contribution in [-0.2, 0) is 4.79 Å². The SMILES string of the molecule is O=C(/C=C/c1cccc2cccnc12)Nc1ccc(-n2cnnn2)cc1. The number of rotatable bonds is 4. The summed E-state index contributed by atoms with van der Waals surface area (Å²) < 4.78 is 1.54. The van der Waals surface area contributed by atoms with Crippen LogP contribution in [0.15, 0.2) is 73.2 Å². The van der Waals surface area contributed by atoms with Crippen LogP contribution >= 0.6 is 0 Å². The van der Waals surface area contributed by atoms with E-state index in [2.05, 4.69) is 25.8 Å². The summed E-state index contributed by atoms with van der Waals surface area (Å²) in [4.78, 5) is 16.6. The number of aromatic nitrogens is 5. The van der Waals surface area contributed by atoms with Crippen LogP contribution in [-0.4, -0.2) is 31.1 Å². The van der Waals surface area contributed by atoms with Crippen molar-refractivity contribution in [2.75, 3.05) is 5.32 Å². The first-order valence-electron chi connectivity index (χ1n) is 7.96. The Morgan fingerprint density at radius 2 is 1.88 bits per heavy atom. The van der Waals surface area contributed by atoms with Crippen LogP contribution in [0.1, 0.15) is 5.56 Å². The normalized spacial score (nSPS) is 11.1. The maximum Gasteiger partial charge on any atom is 0.248 e. The zero-order valence-electron chi connectivity index (χ0n) is 13.6. The van der Waals surface area contributed by atoms with Gasteiger partial charge in [0.2, 0.25) is 5.91 Å². The third kappa shape index (κ3) is 3.32. The lowest BCUT2D eigenvalue weighted by molar-refractivity contribution is -0.111. The van der Waals surface area contributed by atoms with Crippen molar-refractivity contribution < 1.29 is 4.79 Å². The highest BCUT2D eigenvalue weighted by molar-refractivity contribution is 6.03. The standard InChI is InChI=1S/C19H14N6O/c26-18(11-6-15-4-1-3-14-5-2-12-20-19(14)15)22-16-7-9-17(10-8-16)25-13-21-23-24-25/h1-13H,(H,22,26)/b11-6+. The lowest BCUT2D eigenvalue weighted by Gasteiger charge is -2.04. The fourth-order valence-corrected chi connectivity index (χ4v) is 2.59. The summed E-state index contributed by atoms with van der Waals surface area (Å²) >= 11 is 0. The number of anilines is 1. The molecule has 2 aromatic heterocycles. The molecule has 1 N–H and O–H groups in total. The lowest BCUT2D eigenvalue weighted by Crippen LogP contribution is -2.07. The van der Waals surface area contributed by atoms with Crippen LogP contribution < -0.4 is 5.32 Å². The Hall–Kier alpha value is -3.87. The quantitative estimate of drug-likeness (QED) is 0.576. The van der Waals surface area contributed by atoms with Gasteiger partial charge >= 0.3 is 0 Å². The van der Waals surface area contributed by atoms with E-state index in [4.69, 9.17) is 0 Å². The predicted octanol–water partition coefficient (Wildman–Crippen LogP) is 2.86. The molecule has 0 atom stereocenters. The average Bonchev–Trinajstić information content (AvgIpc) is 3.22. The van der Waals surface area contributed by atoms with Crippen molar-refractivity contribution >= 4 is 28.6 Å². The molecule has 4 aromatic rings. The zero-order chi connectivity index (χ0) is 17.8. The number of nitrogens with one attached hydrogen (secondary N) is 1. The number of fused-ring (bicyclic) bond motifs is 1. The summed E-state index contributed by atoms with van der Waals surface area (Å²) in [7, 11) is 0. The fourth-order valence-electron chi connectivity index (χ4n) is 2.59. The summed E-state index contributed by atoms with van der Waals surface area (Å²) in [6, 6.07) is 17.0. The van der Waals surface area contributed by atoms with Crippen LogP contribution in [0, 0.1) is 0 Å². The number of hydrogen-bond donors (Lipinski definition) is 1. The topological polar surface area (TPSA) is 85.6 Å². The van der Waals surface area contributed by atoms with E-state index < -0.39 is 0 Å². The average molecular weight is 342 g/mol. The summed E-state index contributed by atoms with van der Waals surface area (Å²) in [5.74, 6) is -0.215. The number of nitrogens with zero attached hydrogens (tertiary/aromatic N) is 5. The smallest absolute Gasteiger partial charge is 0.248 e. The molecule has 0 aliphatic heterocycles. The molecule has 7 nitrogen and oxygen atoms in total. The van der Waals surface area contributed by atoms with Crippen molar-refractivity contribution in [3.8, 4) is 5.69 Å². The first-order valence-corrected chi connectivity index (χ1v) is 7.96. The third-order valence-electron chi connectivity index (χ3n) is 3.83. The van der Waals surface area contributed by atoms with Crippen LogP contribution in [0.2, 0.25) is 0 Å². The molecule has 0 fully saturated rings.